The van der Waals surface area contributed by atoms with E-state index in [-0.39, 0.29) is 12.2 Å². The topological polar surface area (TPSA) is 47.9 Å². The van der Waals surface area contributed by atoms with Gasteiger partial charge < -0.3 is 9.57 Å². The molecule has 7 heteroatoms. The summed E-state index contributed by atoms with van der Waals surface area (Å²) in [6.45, 7) is 5.27. The number of rotatable bonds is 6. The number of halogens is 3. The van der Waals surface area contributed by atoms with Crippen LogP contribution in [0.1, 0.15) is 29.2 Å². The number of hydrogen-bond donors (Lipinski definition) is 0. The van der Waals surface area contributed by atoms with Crippen LogP contribution in [0.25, 0.3) is 5.57 Å². The molecule has 0 atom stereocenters. The highest BCUT2D eigenvalue weighted by molar-refractivity contribution is 6.15. The molecule has 2 aromatic rings. The molecule has 0 fully saturated rings. The van der Waals surface area contributed by atoms with Gasteiger partial charge in [0.15, 0.2) is 0 Å². The Bertz CT molecular complexity index is 873. The van der Waals surface area contributed by atoms with Gasteiger partial charge in [-0.1, -0.05) is 48.1 Å². The van der Waals surface area contributed by atoms with E-state index in [9.17, 15) is 18.0 Å². The first kappa shape index (κ1) is 20.2. The molecule has 2 aromatic carbocycles. The lowest BCUT2D eigenvalue weighted by molar-refractivity contribution is -0.137. The third kappa shape index (κ3) is 5.20. The van der Waals surface area contributed by atoms with E-state index in [0.29, 0.717) is 22.4 Å². The molecule has 142 valence electrons. The molecule has 0 bridgehead atoms. The van der Waals surface area contributed by atoms with Gasteiger partial charge in [0.05, 0.1) is 24.0 Å². The molecule has 0 aliphatic rings. The number of esters is 1. The van der Waals surface area contributed by atoms with Crippen LogP contribution in [0.5, 0.6) is 0 Å². The van der Waals surface area contributed by atoms with E-state index in [2.05, 4.69) is 16.5 Å². The van der Waals surface area contributed by atoms with Crippen LogP contribution in [0.15, 0.2) is 60.3 Å². The van der Waals surface area contributed by atoms with Crippen LogP contribution >= 0.6 is 0 Å². The smallest absolute Gasteiger partial charge is 0.416 e. The second kappa shape index (κ2) is 8.53. The van der Waals surface area contributed by atoms with E-state index in [0.717, 1.165) is 12.1 Å². The van der Waals surface area contributed by atoms with Crippen molar-refractivity contribution in [3.05, 3.63) is 77.4 Å². The zero-order chi connectivity index (χ0) is 20.0. The fourth-order valence-electron chi connectivity index (χ4n) is 2.35. The van der Waals surface area contributed by atoms with Crippen molar-refractivity contribution in [1.29, 1.82) is 0 Å². The summed E-state index contributed by atoms with van der Waals surface area (Å²) in [7, 11) is 1.26. The zero-order valence-corrected chi connectivity index (χ0v) is 14.8. The van der Waals surface area contributed by atoms with Crippen molar-refractivity contribution in [2.24, 2.45) is 5.16 Å². The minimum atomic E-state index is -4.43. The van der Waals surface area contributed by atoms with Gasteiger partial charge in [0.2, 0.25) is 0 Å². The molecule has 4 nitrogen and oxygen atoms in total. The van der Waals surface area contributed by atoms with Gasteiger partial charge in [0.25, 0.3) is 0 Å². The van der Waals surface area contributed by atoms with Gasteiger partial charge in [-0.25, -0.2) is 4.79 Å². The SMILES string of the molecule is C=C(C(=O)OC)c1ccccc1CO/N=C(\C)c1cccc(C(F)(F)F)c1. The summed E-state index contributed by atoms with van der Waals surface area (Å²) in [6.07, 6.45) is -4.43. The average Bonchev–Trinajstić information content (AvgIpc) is 2.66. The first-order valence-electron chi connectivity index (χ1n) is 7.93. The highest BCUT2D eigenvalue weighted by atomic mass is 19.4. The third-order valence-corrected chi connectivity index (χ3v) is 3.80. The van der Waals surface area contributed by atoms with Crippen LogP contribution in [0.3, 0.4) is 0 Å². The summed E-state index contributed by atoms with van der Waals surface area (Å²) in [6, 6.07) is 11.8. The lowest BCUT2D eigenvalue weighted by Gasteiger charge is -2.10. The fourth-order valence-corrected chi connectivity index (χ4v) is 2.35. The van der Waals surface area contributed by atoms with Gasteiger partial charge >= 0.3 is 12.1 Å². The molecule has 0 aromatic heterocycles. The number of ether oxygens (including phenoxy) is 1. The second-order valence-electron chi connectivity index (χ2n) is 5.66. The molecule has 0 amide bonds. The van der Waals surface area contributed by atoms with Crippen LogP contribution in [-0.4, -0.2) is 18.8 Å². The Kier molecular flexibility index (Phi) is 6.39. The van der Waals surface area contributed by atoms with Crippen LogP contribution < -0.4 is 0 Å². The highest BCUT2D eigenvalue weighted by Crippen LogP contribution is 2.29. The average molecular weight is 377 g/mol. The Morgan fingerprint density at radius 2 is 1.85 bits per heavy atom. The van der Waals surface area contributed by atoms with Gasteiger partial charge in [0.1, 0.15) is 6.61 Å². The monoisotopic (exact) mass is 377 g/mol. The molecular formula is C20H18F3NO3. The van der Waals surface area contributed by atoms with Crippen molar-refractivity contribution in [2.75, 3.05) is 7.11 Å². The van der Waals surface area contributed by atoms with Crippen LogP contribution in [0.2, 0.25) is 0 Å². The second-order valence-corrected chi connectivity index (χ2v) is 5.66. The normalized spacial score (nSPS) is 11.8. The standard InChI is InChI=1S/C20H18F3NO3/c1-13(19(25)26-3)18-10-5-4-7-16(18)12-27-24-14(2)15-8-6-9-17(11-15)20(21,22)23/h4-11H,1,12H2,2-3H3/b24-14+. The molecule has 0 aliphatic carbocycles. The van der Waals surface area contributed by atoms with Crippen LogP contribution in [0.4, 0.5) is 13.2 Å². The minimum Gasteiger partial charge on any atom is -0.465 e. The Hall–Kier alpha value is -3.09. The lowest BCUT2D eigenvalue weighted by Crippen LogP contribution is -2.07. The van der Waals surface area contributed by atoms with Crippen molar-refractivity contribution in [2.45, 2.75) is 19.7 Å². The van der Waals surface area contributed by atoms with Gasteiger partial charge in [-0.15, -0.1) is 0 Å². The van der Waals surface area contributed by atoms with Gasteiger partial charge in [-0.05, 0) is 30.2 Å². The van der Waals surface area contributed by atoms with Crippen molar-refractivity contribution >= 4 is 17.3 Å². The van der Waals surface area contributed by atoms with E-state index in [4.69, 9.17) is 4.84 Å². The maximum absolute atomic E-state index is 12.8. The predicted octanol–water partition coefficient (Wildman–Crippen LogP) is 4.83. The molecule has 0 saturated carbocycles. The molecule has 0 aliphatic heterocycles. The summed E-state index contributed by atoms with van der Waals surface area (Å²) in [5.74, 6) is -0.564. The van der Waals surface area contributed by atoms with E-state index in [1.165, 1.54) is 19.2 Å². The molecule has 2 rings (SSSR count). The Morgan fingerprint density at radius 3 is 2.52 bits per heavy atom. The minimum absolute atomic E-state index is 0.0164. The Balaban J connectivity index is 2.14. The number of methoxy groups -OCH3 is 1. The number of nitrogens with zero attached hydrogens (tertiary/aromatic N) is 1. The number of alkyl halides is 3. The number of hydrogen-bond acceptors (Lipinski definition) is 4. The van der Waals surface area contributed by atoms with Crippen molar-refractivity contribution < 1.29 is 27.5 Å². The summed E-state index contributed by atoms with van der Waals surface area (Å²) >= 11 is 0. The number of oxime groups is 1. The Morgan fingerprint density at radius 1 is 1.15 bits per heavy atom. The first-order valence-corrected chi connectivity index (χ1v) is 7.93. The van der Waals surface area contributed by atoms with Crippen molar-refractivity contribution in [3.8, 4) is 0 Å². The van der Waals surface area contributed by atoms with Crippen molar-refractivity contribution in [3.63, 3.8) is 0 Å². The molecule has 0 N–H and O–H groups in total. The largest absolute Gasteiger partial charge is 0.465 e. The Labute approximate surface area is 154 Å². The van der Waals surface area contributed by atoms with E-state index >= 15 is 0 Å². The van der Waals surface area contributed by atoms with E-state index in [1.807, 2.05) is 0 Å². The molecular weight excluding hydrogens is 359 g/mol. The van der Waals surface area contributed by atoms with Gasteiger partial charge in [0, 0.05) is 5.56 Å². The zero-order valence-electron chi connectivity index (χ0n) is 14.8. The van der Waals surface area contributed by atoms with E-state index in [1.54, 1.807) is 31.2 Å². The number of carbonyl (C=O) groups is 1. The highest BCUT2D eigenvalue weighted by Gasteiger charge is 2.30. The first-order chi connectivity index (χ1) is 12.7. The fraction of sp³-hybridized carbons (Fsp3) is 0.200. The van der Waals surface area contributed by atoms with Gasteiger partial charge in [-0.3, -0.25) is 0 Å². The molecule has 0 spiro atoms. The molecule has 0 radical (unpaired) electrons. The molecule has 27 heavy (non-hydrogen) atoms. The molecule has 0 heterocycles. The summed E-state index contributed by atoms with van der Waals surface area (Å²) in [5.41, 5.74) is 1.22. The van der Waals surface area contributed by atoms with E-state index < -0.39 is 17.7 Å². The number of carbonyl (C=O) groups excluding carboxylic acids is 1. The lowest BCUT2D eigenvalue weighted by atomic mass is 10.0. The molecule has 0 unspecified atom stereocenters. The van der Waals surface area contributed by atoms with Crippen molar-refractivity contribution in [1.82, 2.24) is 0 Å². The van der Waals surface area contributed by atoms with Crippen LogP contribution in [-0.2, 0) is 27.2 Å². The summed E-state index contributed by atoms with van der Waals surface area (Å²) in [5, 5.41) is 3.88. The maximum Gasteiger partial charge on any atom is 0.416 e. The third-order valence-electron chi connectivity index (χ3n) is 3.80. The van der Waals surface area contributed by atoms with Gasteiger partial charge in [-0.2, -0.15) is 13.2 Å². The predicted molar refractivity (Wildman–Crippen MR) is 95.9 cm³/mol. The molecule has 0 saturated heterocycles. The summed E-state index contributed by atoms with van der Waals surface area (Å²) in [4.78, 5) is 16.9. The summed E-state index contributed by atoms with van der Waals surface area (Å²) < 4.78 is 43.1. The quantitative estimate of drug-likeness (QED) is 0.313. The number of benzene rings is 2. The van der Waals surface area contributed by atoms with Crippen LogP contribution in [0, 0.1) is 0 Å². The maximum atomic E-state index is 12.8.